The number of fused-ring (bicyclic) bond motifs is 1. The number of ether oxygens (including phenoxy) is 6. The van der Waals surface area contributed by atoms with Crippen LogP contribution in [0.4, 0.5) is 0 Å². The van der Waals surface area contributed by atoms with Gasteiger partial charge in [-0.25, -0.2) is 0 Å². The molecule has 0 bridgehead atoms. The lowest BCUT2D eigenvalue weighted by Crippen LogP contribution is -2.46. The van der Waals surface area contributed by atoms with Gasteiger partial charge in [0.25, 0.3) is 0 Å². The first-order chi connectivity index (χ1) is 21.5. The Hall–Kier alpha value is -4.21. The lowest BCUT2D eigenvalue weighted by Gasteiger charge is -2.34. The fourth-order valence-electron chi connectivity index (χ4n) is 5.98. The molecule has 4 aromatic rings. The number of rotatable bonds is 13. The van der Waals surface area contributed by atoms with Crippen molar-refractivity contribution >= 4 is 10.8 Å². The molecule has 0 spiro atoms. The molecule has 0 radical (unpaired) electrons. The van der Waals surface area contributed by atoms with E-state index in [1.165, 1.54) is 11.1 Å². The topological polar surface area (TPSA) is 74.8 Å². The van der Waals surface area contributed by atoms with E-state index < -0.39 is 0 Å². The molecule has 9 heteroatoms. The Labute approximate surface area is 260 Å². The predicted octanol–water partition coefficient (Wildman–Crippen LogP) is 5.70. The Morgan fingerprint density at radius 3 is 1.89 bits per heavy atom. The van der Waals surface area contributed by atoms with Crippen molar-refractivity contribution < 1.29 is 28.4 Å². The zero-order chi connectivity index (χ0) is 31.1. The van der Waals surface area contributed by atoms with E-state index in [4.69, 9.17) is 28.4 Å². The van der Waals surface area contributed by atoms with Gasteiger partial charge in [0, 0.05) is 49.9 Å². The number of nitrogens with zero attached hydrogens (tertiary/aromatic N) is 3. The SMILES string of the molecule is COc1cc(-c2cc(CN3CCN(CCCc4ccc5c(OC)c(OC)c(OC)cc5c4)CC3)ccn2)cc(OC)c1OC. The highest BCUT2D eigenvalue weighted by Crippen LogP contribution is 2.44. The van der Waals surface area contributed by atoms with Crippen LogP contribution in [0.15, 0.2) is 54.7 Å². The fourth-order valence-corrected chi connectivity index (χ4v) is 5.98. The molecular formula is C35H43N3O6. The van der Waals surface area contributed by atoms with Crippen LogP contribution in [-0.4, -0.2) is 90.2 Å². The molecule has 2 heterocycles. The van der Waals surface area contributed by atoms with Crippen LogP contribution < -0.4 is 28.4 Å². The summed E-state index contributed by atoms with van der Waals surface area (Å²) in [4.78, 5) is 9.71. The Bertz CT molecular complexity index is 1540. The molecule has 0 unspecified atom stereocenters. The van der Waals surface area contributed by atoms with Crippen LogP contribution in [0.3, 0.4) is 0 Å². The number of hydrogen-bond donors (Lipinski definition) is 0. The van der Waals surface area contributed by atoms with Crippen molar-refractivity contribution in [2.75, 3.05) is 75.4 Å². The van der Waals surface area contributed by atoms with Gasteiger partial charge in [0.1, 0.15) is 0 Å². The quantitative estimate of drug-likeness (QED) is 0.192. The number of aryl methyl sites for hydroxylation is 1. The minimum absolute atomic E-state index is 0.576. The van der Waals surface area contributed by atoms with Gasteiger partial charge in [-0.15, -0.1) is 0 Å². The Balaban J connectivity index is 1.15. The number of piperazine rings is 1. The van der Waals surface area contributed by atoms with E-state index in [1.54, 1.807) is 42.7 Å². The molecular weight excluding hydrogens is 558 g/mol. The monoisotopic (exact) mass is 601 g/mol. The van der Waals surface area contributed by atoms with E-state index in [9.17, 15) is 0 Å². The number of aromatic nitrogens is 1. The van der Waals surface area contributed by atoms with Gasteiger partial charge in [0.2, 0.25) is 11.5 Å². The van der Waals surface area contributed by atoms with Gasteiger partial charge in [-0.05, 0) is 66.2 Å². The molecule has 0 N–H and O–H groups in total. The molecule has 0 aliphatic carbocycles. The van der Waals surface area contributed by atoms with Crippen LogP contribution >= 0.6 is 0 Å². The van der Waals surface area contributed by atoms with Gasteiger partial charge < -0.3 is 33.3 Å². The summed E-state index contributed by atoms with van der Waals surface area (Å²) in [7, 11) is 9.81. The lowest BCUT2D eigenvalue weighted by molar-refractivity contribution is 0.126. The fraction of sp³-hybridized carbons (Fsp3) is 0.400. The highest BCUT2D eigenvalue weighted by atomic mass is 16.5. The summed E-state index contributed by atoms with van der Waals surface area (Å²) in [5, 5.41) is 2.12. The van der Waals surface area contributed by atoms with Crippen LogP contribution in [0, 0.1) is 0 Å². The first-order valence-corrected chi connectivity index (χ1v) is 14.9. The van der Waals surface area contributed by atoms with Crippen molar-refractivity contribution in [1.82, 2.24) is 14.8 Å². The highest BCUT2D eigenvalue weighted by Gasteiger charge is 2.19. The molecule has 1 fully saturated rings. The Morgan fingerprint density at radius 2 is 1.25 bits per heavy atom. The minimum atomic E-state index is 0.576. The van der Waals surface area contributed by atoms with Crippen LogP contribution in [-0.2, 0) is 13.0 Å². The zero-order valence-corrected chi connectivity index (χ0v) is 26.6. The third kappa shape index (κ3) is 6.79. The summed E-state index contributed by atoms with van der Waals surface area (Å²) in [6.45, 7) is 6.19. The highest BCUT2D eigenvalue weighted by molar-refractivity contribution is 5.93. The van der Waals surface area contributed by atoms with Crippen molar-refractivity contribution in [2.45, 2.75) is 19.4 Å². The van der Waals surface area contributed by atoms with Crippen molar-refractivity contribution in [3.05, 3.63) is 65.9 Å². The van der Waals surface area contributed by atoms with Crippen molar-refractivity contribution in [2.24, 2.45) is 0 Å². The molecule has 1 aromatic heterocycles. The lowest BCUT2D eigenvalue weighted by atomic mass is 10.0. The van der Waals surface area contributed by atoms with Crippen LogP contribution in [0.2, 0.25) is 0 Å². The normalized spacial score (nSPS) is 14.0. The maximum absolute atomic E-state index is 5.66. The van der Waals surface area contributed by atoms with Crippen LogP contribution in [0.25, 0.3) is 22.0 Å². The van der Waals surface area contributed by atoms with E-state index >= 15 is 0 Å². The van der Waals surface area contributed by atoms with Gasteiger partial charge in [0.15, 0.2) is 23.0 Å². The molecule has 9 nitrogen and oxygen atoms in total. The van der Waals surface area contributed by atoms with E-state index in [1.807, 2.05) is 24.4 Å². The summed E-state index contributed by atoms with van der Waals surface area (Å²) in [5.74, 6) is 3.81. The minimum Gasteiger partial charge on any atom is -0.493 e. The molecule has 5 rings (SSSR count). The van der Waals surface area contributed by atoms with E-state index in [0.717, 1.165) is 74.1 Å². The second-order valence-corrected chi connectivity index (χ2v) is 10.9. The van der Waals surface area contributed by atoms with Gasteiger partial charge >= 0.3 is 0 Å². The number of hydrogen-bond acceptors (Lipinski definition) is 9. The van der Waals surface area contributed by atoms with Crippen LogP contribution in [0.5, 0.6) is 34.5 Å². The second kappa shape index (κ2) is 14.5. The summed E-state index contributed by atoms with van der Waals surface area (Å²) < 4.78 is 33.3. The molecule has 1 aliphatic rings. The average Bonchev–Trinajstić information content (AvgIpc) is 3.07. The molecule has 234 valence electrons. The van der Waals surface area contributed by atoms with Gasteiger partial charge in [-0.1, -0.05) is 18.2 Å². The molecule has 0 amide bonds. The molecule has 0 atom stereocenters. The first-order valence-electron chi connectivity index (χ1n) is 14.9. The number of pyridine rings is 1. The molecule has 44 heavy (non-hydrogen) atoms. The van der Waals surface area contributed by atoms with E-state index in [-0.39, 0.29) is 0 Å². The Kier molecular flexibility index (Phi) is 10.3. The Morgan fingerprint density at radius 1 is 0.614 bits per heavy atom. The standard InChI is InChI=1S/C35H43N3O6/c1-39-30-21-27(22-31(40-2)34(30)43-5)29-19-25(11-12-36-29)23-38-16-14-37(15-17-38)13-7-8-24-9-10-28-26(18-24)20-32(41-3)35(44-6)33(28)42-4/h9-12,18-22H,7-8,13-17,23H2,1-6H3. The molecule has 1 saturated heterocycles. The molecule has 0 saturated carbocycles. The largest absolute Gasteiger partial charge is 0.493 e. The van der Waals surface area contributed by atoms with Gasteiger partial charge in [0.05, 0.1) is 48.4 Å². The molecule has 1 aliphatic heterocycles. The van der Waals surface area contributed by atoms with Gasteiger partial charge in [-0.3, -0.25) is 9.88 Å². The smallest absolute Gasteiger partial charge is 0.203 e. The molecule has 3 aromatic carbocycles. The zero-order valence-electron chi connectivity index (χ0n) is 26.6. The summed E-state index contributed by atoms with van der Waals surface area (Å²) in [6.07, 6.45) is 4.01. The predicted molar refractivity (Wildman–Crippen MR) is 173 cm³/mol. The van der Waals surface area contributed by atoms with E-state index in [0.29, 0.717) is 34.5 Å². The maximum Gasteiger partial charge on any atom is 0.203 e. The number of methoxy groups -OCH3 is 6. The first kappa shape index (κ1) is 31.2. The van der Waals surface area contributed by atoms with Gasteiger partial charge in [-0.2, -0.15) is 0 Å². The summed E-state index contributed by atoms with van der Waals surface area (Å²) in [5.41, 5.74) is 4.35. The van der Waals surface area contributed by atoms with Crippen molar-refractivity contribution in [3.63, 3.8) is 0 Å². The van der Waals surface area contributed by atoms with Crippen molar-refractivity contribution in [3.8, 4) is 45.8 Å². The second-order valence-electron chi connectivity index (χ2n) is 10.9. The number of benzene rings is 3. The summed E-state index contributed by atoms with van der Waals surface area (Å²) >= 11 is 0. The third-order valence-electron chi connectivity index (χ3n) is 8.30. The van der Waals surface area contributed by atoms with Crippen LogP contribution in [0.1, 0.15) is 17.5 Å². The van der Waals surface area contributed by atoms with Crippen molar-refractivity contribution in [1.29, 1.82) is 0 Å². The summed E-state index contributed by atoms with van der Waals surface area (Å²) in [6, 6.07) is 16.7. The third-order valence-corrected chi connectivity index (χ3v) is 8.30. The maximum atomic E-state index is 5.66. The van der Waals surface area contributed by atoms with E-state index in [2.05, 4.69) is 45.1 Å². The average molecular weight is 602 g/mol.